The van der Waals surface area contributed by atoms with Crippen LogP contribution in [0.2, 0.25) is 0 Å². The maximum absolute atomic E-state index is 12.7. The van der Waals surface area contributed by atoms with Gasteiger partial charge in [0.2, 0.25) is 5.91 Å². The normalized spacial score (nSPS) is 11.1. The van der Waals surface area contributed by atoms with Crippen molar-refractivity contribution in [3.05, 3.63) is 65.7 Å². The predicted octanol–water partition coefficient (Wildman–Crippen LogP) is 4.52. The van der Waals surface area contributed by atoms with Crippen molar-refractivity contribution in [2.75, 3.05) is 19.0 Å². The molecule has 2 aromatic carbocycles. The molecule has 0 spiro atoms. The summed E-state index contributed by atoms with van der Waals surface area (Å²) in [4.78, 5) is 23.5. The van der Waals surface area contributed by atoms with Gasteiger partial charge >= 0.3 is 12.6 Å². The van der Waals surface area contributed by atoms with Crippen LogP contribution in [0, 0.1) is 0 Å². The SMILES string of the molecule is CCOC(=O)/C=C/c1ccc(NC(=O)/C=C/c2cccc(OC)c2OC(F)F)cc1. The molecule has 0 atom stereocenters. The number of amides is 1. The predicted molar refractivity (Wildman–Crippen MR) is 109 cm³/mol. The van der Waals surface area contributed by atoms with E-state index < -0.39 is 18.5 Å². The molecule has 0 aliphatic rings. The lowest BCUT2D eigenvalue weighted by atomic mass is 10.1. The number of anilines is 1. The molecule has 0 unspecified atom stereocenters. The van der Waals surface area contributed by atoms with E-state index in [9.17, 15) is 18.4 Å². The van der Waals surface area contributed by atoms with Crippen molar-refractivity contribution < 1.29 is 32.6 Å². The molecule has 1 amide bonds. The van der Waals surface area contributed by atoms with Gasteiger partial charge in [-0.05, 0) is 42.8 Å². The Labute approximate surface area is 172 Å². The largest absolute Gasteiger partial charge is 0.493 e. The zero-order chi connectivity index (χ0) is 21.9. The summed E-state index contributed by atoms with van der Waals surface area (Å²) in [6.45, 7) is -1.01. The highest BCUT2D eigenvalue weighted by Gasteiger charge is 2.14. The van der Waals surface area contributed by atoms with Gasteiger partial charge in [0, 0.05) is 23.4 Å². The van der Waals surface area contributed by atoms with E-state index >= 15 is 0 Å². The van der Waals surface area contributed by atoms with E-state index in [4.69, 9.17) is 9.47 Å². The zero-order valence-electron chi connectivity index (χ0n) is 16.4. The number of alkyl halides is 2. The molecule has 0 heterocycles. The van der Waals surface area contributed by atoms with Crippen molar-refractivity contribution in [1.29, 1.82) is 0 Å². The first kappa shape index (κ1) is 22.6. The number of methoxy groups -OCH3 is 1. The Morgan fingerprint density at radius 1 is 1.07 bits per heavy atom. The first-order valence-electron chi connectivity index (χ1n) is 8.98. The summed E-state index contributed by atoms with van der Waals surface area (Å²) in [6, 6.07) is 11.3. The quantitative estimate of drug-likeness (QED) is 0.480. The monoisotopic (exact) mass is 417 g/mol. The minimum atomic E-state index is -3.03. The van der Waals surface area contributed by atoms with E-state index in [2.05, 4.69) is 10.1 Å². The smallest absolute Gasteiger partial charge is 0.387 e. The highest BCUT2D eigenvalue weighted by molar-refractivity contribution is 6.02. The summed E-state index contributed by atoms with van der Waals surface area (Å²) in [7, 11) is 1.33. The van der Waals surface area contributed by atoms with Crippen LogP contribution in [0.5, 0.6) is 11.5 Å². The van der Waals surface area contributed by atoms with Gasteiger partial charge < -0.3 is 19.5 Å². The van der Waals surface area contributed by atoms with Crippen LogP contribution >= 0.6 is 0 Å². The maximum Gasteiger partial charge on any atom is 0.387 e. The summed E-state index contributed by atoms with van der Waals surface area (Å²) >= 11 is 0. The van der Waals surface area contributed by atoms with E-state index in [0.717, 1.165) is 5.56 Å². The molecule has 2 aromatic rings. The lowest BCUT2D eigenvalue weighted by Gasteiger charge is -2.12. The molecule has 0 aromatic heterocycles. The molecule has 0 saturated heterocycles. The van der Waals surface area contributed by atoms with Crippen LogP contribution in [0.3, 0.4) is 0 Å². The van der Waals surface area contributed by atoms with Crippen molar-refractivity contribution >= 4 is 29.7 Å². The van der Waals surface area contributed by atoms with Crippen LogP contribution < -0.4 is 14.8 Å². The number of nitrogens with one attached hydrogen (secondary N) is 1. The Kier molecular flexibility index (Phi) is 8.56. The van der Waals surface area contributed by atoms with Gasteiger partial charge in [-0.2, -0.15) is 8.78 Å². The van der Waals surface area contributed by atoms with Crippen molar-refractivity contribution in [3.63, 3.8) is 0 Å². The summed E-state index contributed by atoms with van der Waals surface area (Å²) < 4.78 is 39.6. The summed E-state index contributed by atoms with van der Waals surface area (Å²) in [5.41, 5.74) is 1.54. The number of carbonyl (C=O) groups excluding carboxylic acids is 2. The van der Waals surface area contributed by atoms with Crippen molar-refractivity contribution in [2.45, 2.75) is 13.5 Å². The fourth-order valence-corrected chi connectivity index (χ4v) is 2.42. The first-order valence-corrected chi connectivity index (χ1v) is 8.98. The fraction of sp³-hybridized carbons (Fsp3) is 0.182. The van der Waals surface area contributed by atoms with Crippen LogP contribution in [0.1, 0.15) is 18.1 Å². The Morgan fingerprint density at radius 3 is 2.43 bits per heavy atom. The fourth-order valence-electron chi connectivity index (χ4n) is 2.42. The second kappa shape index (κ2) is 11.4. The topological polar surface area (TPSA) is 73.9 Å². The lowest BCUT2D eigenvalue weighted by Crippen LogP contribution is -2.08. The average molecular weight is 417 g/mol. The Bertz CT molecular complexity index is 924. The molecule has 8 heteroatoms. The highest BCUT2D eigenvalue weighted by atomic mass is 19.3. The number of esters is 1. The van der Waals surface area contributed by atoms with Crippen LogP contribution in [0.15, 0.2) is 54.6 Å². The number of para-hydroxylation sites is 1. The molecule has 2 rings (SSSR count). The molecule has 0 aliphatic heterocycles. The molecule has 6 nitrogen and oxygen atoms in total. The molecule has 0 saturated carbocycles. The zero-order valence-corrected chi connectivity index (χ0v) is 16.4. The third kappa shape index (κ3) is 7.05. The van der Waals surface area contributed by atoms with Crippen LogP contribution in [-0.2, 0) is 14.3 Å². The Balaban J connectivity index is 2.04. The van der Waals surface area contributed by atoms with Crippen LogP contribution in [-0.4, -0.2) is 32.2 Å². The standard InChI is InChI=1S/C22H21F2NO5/c1-3-29-20(27)14-9-15-7-11-17(12-8-15)25-19(26)13-10-16-5-4-6-18(28-2)21(16)30-22(23)24/h4-14,22H,3H2,1-2H3,(H,25,26)/b13-10+,14-9+. The number of hydrogen-bond acceptors (Lipinski definition) is 5. The average Bonchev–Trinajstić information content (AvgIpc) is 2.72. The molecule has 0 radical (unpaired) electrons. The summed E-state index contributed by atoms with van der Waals surface area (Å²) in [5, 5.41) is 2.65. The second-order valence-electron chi connectivity index (χ2n) is 5.79. The molecule has 0 fully saturated rings. The Morgan fingerprint density at radius 2 is 1.80 bits per heavy atom. The molecule has 30 heavy (non-hydrogen) atoms. The molecule has 158 valence electrons. The summed E-state index contributed by atoms with van der Waals surface area (Å²) in [6.07, 6.45) is 5.46. The van der Waals surface area contributed by atoms with E-state index in [1.807, 2.05) is 0 Å². The van der Waals surface area contributed by atoms with Gasteiger partial charge in [-0.3, -0.25) is 4.79 Å². The molecular weight excluding hydrogens is 396 g/mol. The van der Waals surface area contributed by atoms with E-state index in [-0.39, 0.29) is 17.1 Å². The van der Waals surface area contributed by atoms with Gasteiger partial charge in [-0.1, -0.05) is 24.3 Å². The number of rotatable bonds is 9. The molecular formula is C22H21F2NO5. The lowest BCUT2D eigenvalue weighted by molar-refractivity contribution is -0.137. The number of halogens is 2. The minimum Gasteiger partial charge on any atom is -0.493 e. The molecule has 0 aliphatic carbocycles. The van der Waals surface area contributed by atoms with Gasteiger partial charge in [0.05, 0.1) is 13.7 Å². The van der Waals surface area contributed by atoms with Crippen LogP contribution in [0.25, 0.3) is 12.2 Å². The van der Waals surface area contributed by atoms with Gasteiger partial charge in [0.1, 0.15) is 0 Å². The van der Waals surface area contributed by atoms with Crippen LogP contribution in [0.4, 0.5) is 14.5 Å². The van der Waals surface area contributed by atoms with Crippen molar-refractivity contribution in [3.8, 4) is 11.5 Å². The van der Waals surface area contributed by atoms with E-state index in [1.165, 1.54) is 37.5 Å². The van der Waals surface area contributed by atoms with E-state index in [1.54, 1.807) is 43.3 Å². The molecule has 1 N–H and O–H groups in total. The molecule has 0 bridgehead atoms. The van der Waals surface area contributed by atoms with Crippen molar-refractivity contribution in [2.24, 2.45) is 0 Å². The number of carbonyl (C=O) groups is 2. The maximum atomic E-state index is 12.7. The van der Waals surface area contributed by atoms with Gasteiger partial charge in [0.25, 0.3) is 0 Å². The number of benzene rings is 2. The number of ether oxygens (including phenoxy) is 3. The minimum absolute atomic E-state index is 0.129. The van der Waals surface area contributed by atoms with Gasteiger partial charge in [-0.15, -0.1) is 0 Å². The van der Waals surface area contributed by atoms with Gasteiger partial charge in [0.15, 0.2) is 11.5 Å². The third-order valence-corrected chi connectivity index (χ3v) is 3.73. The first-order chi connectivity index (χ1) is 14.4. The summed E-state index contributed by atoms with van der Waals surface area (Å²) in [5.74, 6) is -0.926. The Hall–Kier alpha value is -3.68. The second-order valence-corrected chi connectivity index (χ2v) is 5.79. The van der Waals surface area contributed by atoms with Crippen molar-refractivity contribution in [1.82, 2.24) is 0 Å². The third-order valence-electron chi connectivity index (χ3n) is 3.73. The highest BCUT2D eigenvalue weighted by Crippen LogP contribution is 2.33. The number of hydrogen-bond donors (Lipinski definition) is 1. The van der Waals surface area contributed by atoms with E-state index in [0.29, 0.717) is 12.3 Å². The van der Waals surface area contributed by atoms with Gasteiger partial charge in [-0.25, -0.2) is 4.79 Å².